The highest BCUT2D eigenvalue weighted by Crippen LogP contribution is 2.21. The fourth-order valence-corrected chi connectivity index (χ4v) is 2.11. The van der Waals surface area contributed by atoms with Gasteiger partial charge in [-0.1, -0.05) is 12.1 Å². The van der Waals surface area contributed by atoms with Gasteiger partial charge in [-0.2, -0.15) is 0 Å². The summed E-state index contributed by atoms with van der Waals surface area (Å²) >= 11 is 0. The lowest BCUT2D eigenvalue weighted by Gasteiger charge is -2.06. The number of carbonyl (C=O) groups excluding carboxylic acids is 1. The molecule has 1 aromatic carbocycles. The van der Waals surface area contributed by atoms with Crippen molar-refractivity contribution in [3.8, 4) is 11.3 Å². The molecule has 0 saturated carbocycles. The number of sulfonamides is 1. The molecule has 0 unspecified atom stereocenters. The average Bonchev–Trinajstić information content (AvgIpc) is 2.38. The maximum absolute atomic E-state index is 11.3. The number of hydrogen-bond acceptors (Lipinski definition) is 6. The maximum atomic E-state index is 11.3. The molecule has 0 aliphatic rings. The Labute approximate surface area is 114 Å². The van der Waals surface area contributed by atoms with Crippen LogP contribution in [-0.4, -0.2) is 24.3 Å². The minimum atomic E-state index is -3.83. The number of rotatable bonds is 3. The zero-order valence-corrected chi connectivity index (χ0v) is 11.0. The lowest BCUT2D eigenvalue weighted by atomic mass is 10.1. The molecule has 0 fully saturated rings. The Morgan fingerprint density at radius 2 is 1.95 bits per heavy atom. The van der Waals surface area contributed by atoms with E-state index in [9.17, 15) is 13.2 Å². The molecule has 6 N–H and O–H groups in total. The first-order chi connectivity index (χ1) is 9.29. The molecule has 0 spiro atoms. The molecule has 104 valence electrons. The predicted octanol–water partition coefficient (Wildman–Crippen LogP) is -0.528. The number of nitrogens with two attached hydrogens (primary N) is 3. The van der Waals surface area contributed by atoms with Crippen molar-refractivity contribution >= 4 is 21.7 Å². The van der Waals surface area contributed by atoms with Gasteiger partial charge >= 0.3 is 0 Å². The van der Waals surface area contributed by atoms with Gasteiger partial charge in [-0.05, 0) is 12.1 Å². The van der Waals surface area contributed by atoms with E-state index in [-0.39, 0.29) is 22.1 Å². The van der Waals surface area contributed by atoms with Crippen molar-refractivity contribution < 1.29 is 13.2 Å². The molecule has 8 nitrogen and oxygen atoms in total. The van der Waals surface area contributed by atoms with Gasteiger partial charge < -0.3 is 11.5 Å². The summed E-state index contributed by atoms with van der Waals surface area (Å²) in [7, 11) is -3.83. The van der Waals surface area contributed by atoms with Gasteiger partial charge in [0.1, 0.15) is 0 Å². The van der Waals surface area contributed by atoms with Gasteiger partial charge in [-0.25, -0.2) is 23.5 Å². The summed E-state index contributed by atoms with van der Waals surface area (Å²) in [5.41, 5.74) is 11.1. The third-order valence-electron chi connectivity index (χ3n) is 2.49. The quantitative estimate of drug-likeness (QED) is 0.690. The van der Waals surface area contributed by atoms with E-state index in [0.717, 1.165) is 0 Å². The van der Waals surface area contributed by atoms with Gasteiger partial charge in [0.05, 0.1) is 16.8 Å². The second-order valence-corrected chi connectivity index (χ2v) is 5.49. The number of amides is 1. The van der Waals surface area contributed by atoms with Crippen molar-refractivity contribution in [1.82, 2.24) is 9.97 Å². The van der Waals surface area contributed by atoms with E-state index in [1.54, 1.807) is 6.07 Å². The zero-order chi connectivity index (χ0) is 14.9. The SMILES string of the molecule is NC(=O)c1nc(-c2cccc(S(N)(=O)=O)c2)cnc1N. The van der Waals surface area contributed by atoms with Crippen molar-refractivity contribution in [2.75, 3.05) is 5.73 Å². The van der Waals surface area contributed by atoms with Gasteiger partial charge in [0.25, 0.3) is 5.91 Å². The van der Waals surface area contributed by atoms with Crippen LogP contribution in [0.2, 0.25) is 0 Å². The fraction of sp³-hybridized carbons (Fsp3) is 0. The Morgan fingerprint density at radius 3 is 2.55 bits per heavy atom. The van der Waals surface area contributed by atoms with E-state index >= 15 is 0 Å². The van der Waals surface area contributed by atoms with Crippen LogP contribution in [0.3, 0.4) is 0 Å². The smallest absolute Gasteiger partial charge is 0.271 e. The van der Waals surface area contributed by atoms with Crippen LogP contribution in [-0.2, 0) is 10.0 Å². The summed E-state index contributed by atoms with van der Waals surface area (Å²) in [6, 6.07) is 5.76. The van der Waals surface area contributed by atoms with Gasteiger partial charge in [-0.15, -0.1) is 0 Å². The highest BCUT2D eigenvalue weighted by molar-refractivity contribution is 7.89. The Balaban J connectivity index is 2.58. The molecule has 0 bridgehead atoms. The molecule has 0 atom stereocenters. The maximum Gasteiger partial charge on any atom is 0.271 e. The summed E-state index contributed by atoms with van der Waals surface area (Å²) in [4.78, 5) is 18.9. The Hall–Kier alpha value is -2.52. The van der Waals surface area contributed by atoms with E-state index in [1.165, 1.54) is 24.4 Å². The minimum absolute atomic E-state index is 0.0748. The van der Waals surface area contributed by atoms with Crippen molar-refractivity contribution in [3.05, 3.63) is 36.2 Å². The van der Waals surface area contributed by atoms with E-state index in [1.807, 2.05) is 0 Å². The van der Waals surface area contributed by atoms with E-state index in [4.69, 9.17) is 16.6 Å². The van der Waals surface area contributed by atoms with Crippen LogP contribution < -0.4 is 16.6 Å². The standard InChI is InChI=1S/C11H11N5O3S/c12-10-9(11(13)17)16-8(5-15-10)6-2-1-3-7(4-6)20(14,18)19/h1-5H,(H2,12,15)(H2,13,17)(H2,14,18,19). The first kappa shape index (κ1) is 13.9. The van der Waals surface area contributed by atoms with Crippen molar-refractivity contribution in [2.45, 2.75) is 4.90 Å². The number of hydrogen-bond donors (Lipinski definition) is 3. The van der Waals surface area contributed by atoms with Crippen molar-refractivity contribution in [2.24, 2.45) is 10.9 Å². The van der Waals surface area contributed by atoms with Crippen LogP contribution in [0.25, 0.3) is 11.3 Å². The van der Waals surface area contributed by atoms with Crippen LogP contribution in [0.5, 0.6) is 0 Å². The van der Waals surface area contributed by atoms with Crippen LogP contribution in [0, 0.1) is 0 Å². The molecule has 1 aromatic heterocycles. The average molecular weight is 293 g/mol. The monoisotopic (exact) mass is 293 g/mol. The topological polar surface area (TPSA) is 155 Å². The first-order valence-corrected chi connectivity index (χ1v) is 6.89. The van der Waals surface area contributed by atoms with Gasteiger partial charge in [-0.3, -0.25) is 4.79 Å². The number of anilines is 1. The molecule has 0 aliphatic heterocycles. The van der Waals surface area contributed by atoms with Gasteiger partial charge in [0.15, 0.2) is 11.5 Å². The fourth-order valence-electron chi connectivity index (χ4n) is 1.55. The number of primary sulfonamides is 1. The summed E-state index contributed by atoms with van der Waals surface area (Å²) in [5, 5.41) is 5.05. The summed E-state index contributed by atoms with van der Waals surface area (Å²) in [6.45, 7) is 0. The first-order valence-electron chi connectivity index (χ1n) is 5.34. The number of aromatic nitrogens is 2. The molecule has 20 heavy (non-hydrogen) atoms. The lowest BCUT2D eigenvalue weighted by molar-refractivity contribution is 0.0996. The summed E-state index contributed by atoms with van der Waals surface area (Å²) in [6.07, 6.45) is 1.31. The van der Waals surface area contributed by atoms with Gasteiger partial charge in [0, 0.05) is 5.56 Å². The Bertz CT molecular complexity index is 788. The van der Waals surface area contributed by atoms with Crippen LogP contribution >= 0.6 is 0 Å². The Kier molecular flexibility index (Phi) is 3.38. The number of nitrogen functional groups attached to an aromatic ring is 1. The third kappa shape index (κ3) is 2.73. The largest absolute Gasteiger partial charge is 0.382 e. The van der Waals surface area contributed by atoms with Crippen molar-refractivity contribution in [1.29, 1.82) is 0 Å². The lowest BCUT2D eigenvalue weighted by Crippen LogP contribution is -2.17. The number of carbonyl (C=O) groups is 1. The molecule has 2 aromatic rings. The highest BCUT2D eigenvalue weighted by Gasteiger charge is 2.13. The van der Waals surface area contributed by atoms with Gasteiger partial charge in [0.2, 0.25) is 10.0 Å². The Morgan fingerprint density at radius 1 is 1.25 bits per heavy atom. The molecule has 1 heterocycles. The predicted molar refractivity (Wildman–Crippen MR) is 71.8 cm³/mol. The van der Waals surface area contributed by atoms with E-state index in [0.29, 0.717) is 5.56 Å². The molecule has 9 heteroatoms. The molecular formula is C11H11N5O3S. The number of primary amides is 1. The second-order valence-electron chi connectivity index (χ2n) is 3.93. The zero-order valence-electron chi connectivity index (χ0n) is 10.1. The minimum Gasteiger partial charge on any atom is -0.382 e. The molecule has 0 saturated heterocycles. The molecule has 2 rings (SSSR count). The van der Waals surface area contributed by atoms with Crippen LogP contribution in [0.15, 0.2) is 35.4 Å². The second kappa shape index (κ2) is 4.87. The van der Waals surface area contributed by atoms with Crippen LogP contribution in [0.1, 0.15) is 10.5 Å². The molecule has 0 aliphatic carbocycles. The normalized spacial score (nSPS) is 11.2. The van der Waals surface area contributed by atoms with Crippen molar-refractivity contribution in [3.63, 3.8) is 0 Å². The third-order valence-corrected chi connectivity index (χ3v) is 3.40. The van der Waals surface area contributed by atoms with E-state index in [2.05, 4.69) is 9.97 Å². The summed E-state index contributed by atoms with van der Waals surface area (Å²) in [5.74, 6) is -0.914. The number of benzene rings is 1. The van der Waals surface area contributed by atoms with E-state index < -0.39 is 15.9 Å². The summed E-state index contributed by atoms with van der Waals surface area (Å²) < 4.78 is 22.6. The molecular weight excluding hydrogens is 282 g/mol. The molecule has 1 amide bonds. The highest BCUT2D eigenvalue weighted by atomic mass is 32.2. The number of nitrogens with zero attached hydrogens (tertiary/aromatic N) is 2. The van der Waals surface area contributed by atoms with Crippen LogP contribution in [0.4, 0.5) is 5.82 Å². The molecule has 0 radical (unpaired) electrons.